The Labute approximate surface area is 83.2 Å². The predicted molar refractivity (Wildman–Crippen MR) is 49.3 cm³/mol. The van der Waals surface area contributed by atoms with Gasteiger partial charge in [-0.3, -0.25) is 4.79 Å². The van der Waals surface area contributed by atoms with E-state index in [0.717, 1.165) is 6.41 Å². The van der Waals surface area contributed by atoms with Gasteiger partial charge in [0, 0.05) is 12.5 Å². The lowest BCUT2D eigenvalue weighted by atomic mass is 10.0. The number of carbonyl (C=O) groups is 2. The molecule has 2 fully saturated rings. The number of amides is 1. The first-order chi connectivity index (χ1) is 6.54. The molecule has 0 aromatic rings. The highest BCUT2D eigenvalue weighted by atomic mass is 16.5. The highest BCUT2D eigenvalue weighted by Crippen LogP contribution is 2.64. The van der Waals surface area contributed by atoms with Gasteiger partial charge in [0.15, 0.2) is 0 Å². The molecule has 78 valence electrons. The summed E-state index contributed by atoms with van der Waals surface area (Å²) >= 11 is 0. The number of fused-ring (bicyclic) bond motifs is 1. The second-order valence-corrected chi connectivity index (χ2v) is 4.72. The zero-order valence-corrected chi connectivity index (χ0v) is 8.69. The summed E-state index contributed by atoms with van der Waals surface area (Å²) in [6.45, 7) is 4.97. The van der Waals surface area contributed by atoms with E-state index in [1.54, 1.807) is 4.90 Å². The van der Waals surface area contributed by atoms with Gasteiger partial charge in [0.1, 0.15) is 6.04 Å². The van der Waals surface area contributed by atoms with E-state index in [-0.39, 0.29) is 17.4 Å². The Morgan fingerprint density at radius 1 is 1.57 bits per heavy atom. The monoisotopic (exact) mass is 197 g/mol. The van der Waals surface area contributed by atoms with Crippen molar-refractivity contribution in [3.05, 3.63) is 0 Å². The highest BCUT2D eigenvalue weighted by molar-refractivity contribution is 5.80. The van der Waals surface area contributed by atoms with Gasteiger partial charge in [0.2, 0.25) is 6.41 Å². The quantitative estimate of drug-likeness (QED) is 0.471. The number of methoxy groups -OCH3 is 1. The molecular formula is C10H15NO3. The van der Waals surface area contributed by atoms with Crippen molar-refractivity contribution in [2.75, 3.05) is 13.7 Å². The van der Waals surface area contributed by atoms with Crippen molar-refractivity contribution < 1.29 is 14.3 Å². The molecule has 1 aliphatic carbocycles. The Morgan fingerprint density at radius 3 is 2.71 bits per heavy atom. The van der Waals surface area contributed by atoms with Crippen LogP contribution in [0.1, 0.15) is 13.8 Å². The third kappa shape index (κ3) is 0.996. The molecule has 4 nitrogen and oxygen atoms in total. The van der Waals surface area contributed by atoms with Gasteiger partial charge in [0.05, 0.1) is 7.11 Å². The lowest BCUT2D eigenvalue weighted by Gasteiger charge is -2.24. The minimum Gasteiger partial charge on any atom is -0.467 e. The summed E-state index contributed by atoms with van der Waals surface area (Å²) in [5.41, 5.74) is 0.193. The molecule has 1 saturated heterocycles. The average Bonchev–Trinajstić information content (AvgIpc) is 2.57. The van der Waals surface area contributed by atoms with Gasteiger partial charge in [-0.25, -0.2) is 4.79 Å². The topological polar surface area (TPSA) is 46.6 Å². The number of piperidine rings is 1. The largest absolute Gasteiger partial charge is 0.467 e. The molecule has 0 aromatic heterocycles. The van der Waals surface area contributed by atoms with E-state index >= 15 is 0 Å². The lowest BCUT2D eigenvalue weighted by molar-refractivity contribution is -0.149. The smallest absolute Gasteiger partial charge is 0.328 e. The van der Waals surface area contributed by atoms with Crippen LogP contribution in [0.5, 0.6) is 0 Å². The zero-order valence-electron chi connectivity index (χ0n) is 8.69. The van der Waals surface area contributed by atoms with Crippen LogP contribution in [-0.4, -0.2) is 37.0 Å². The summed E-state index contributed by atoms with van der Waals surface area (Å²) < 4.78 is 4.72. The number of rotatable bonds is 2. The molecule has 1 aliphatic heterocycles. The fourth-order valence-electron chi connectivity index (χ4n) is 2.82. The van der Waals surface area contributed by atoms with Crippen molar-refractivity contribution >= 4 is 12.4 Å². The molecule has 0 spiro atoms. The van der Waals surface area contributed by atoms with Crippen LogP contribution >= 0.6 is 0 Å². The third-order valence-electron chi connectivity index (χ3n) is 3.82. The fourth-order valence-corrected chi connectivity index (χ4v) is 2.82. The molecule has 0 bridgehead atoms. The molecule has 1 saturated carbocycles. The van der Waals surface area contributed by atoms with Crippen LogP contribution in [-0.2, 0) is 14.3 Å². The van der Waals surface area contributed by atoms with Crippen molar-refractivity contribution in [2.24, 2.45) is 17.3 Å². The number of nitrogens with zero attached hydrogens (tertiary/aromatic N) is 1. The first kappa shape index (κ1) is 9.49. The number of hydrogen-bond donors (Lipinski definition) is 0. The normalized spacial score (nSPS) is 37.6. The first-order valence-electron chi connectivity index (χ1n) is 4.83. The van der Waals surface area contributed by atoms with Gasteiger partial charge >= 0.3 is 5.97 Å². The Morgan fingerprint density at radius 2 is 2.21 bits per heavy atom. The molecule has 1 amide bonds. The lowest BCUT2D eigenvalue weighted by Crippen LogP contribution is -2.41. The van der Waals surface area contributed by atoms with Crippen LogP contribution in [0, 0.1) is 17.3 Å². The molecule has 3 atom stereocenters. The minimum absolute atomic E-state index is 0.193. The summed E-state index contributed by atoms with van der Waals surface area (Å²) in [6, 6.07) is -0.350. The average molecular weight is 197 g/mol. The molecule has 2 aliphatic rings. The maximum absolute atomic E-state index is 11.5. The Balaban J connectivity index is 2.19. The van der Waals surface area contributed by atoms with E-state index < -0.39 is 0 Å². The SMILES string of the molecule is COC(=O)[C@@H]1[C@@H]2[C@H](CN1C=O)C2(C)C. The van der Waals surface area contributed by atoms with E-state index in [1.165, 1.54) is 7.11 Å². The molecule has 1 heterocycles. The molecule has 2 rings (SSSR count). The van der Waals surface area contributed by atoms with Gasteiger partial charge < -0.3 is 9.64 Å². The molecule has 14 heavy (non-hydrogen) atoms. The summed E-state index contributed by atoms with van der Waals surface area (Å²) in [7, 11) is 1.37. The van der Waals surface area contributed by atoms with Gasteiger partial charge in [-0.2, -0.15) is 0 Å². The summed E-state index contributed by atoms with van der Waals surface area (Å²) in [5.74, 6) is 0.479. The summed E-state index contributed by atoms with van der Waals surface area (Å²) in [4.78, 5) is 23.8. The van der Waals surface area contributed by atoms with Crippen molar-refractivity contribution in [1.82, 2.24) is 4.90 Å². The minimum atomic E-state index is -0.350. The van der Waals surface area contributed by atoms with Crippen molar-refractivity contribution in [3.8, 4) is 0 Å². The Kier molecular flexibility index (Phi) is 1.84. The highest BCUT2D eigenvalue weighted by Gasteiger charge is 2.68. The second-order valence-electron chi connectivity index (χ2n) is 4.72. The van der Waals surface area contributed by atoms with E-state index in [1.807, 2.05) is 0 Å². The number of esters is 1. The van der Waals surface area contributed by atoms with Gasteiger partial charge in [-0.15, -0.1) is 0 Å². The van der Waals surface area contributed by atoms with Crippen LogP contribution < -0.4 is 0 Å². The summed E-state index contributed by atoms with van der Waals surface area (Å²) in [6.07, 6.45) is 0.754. The summed E-state index contributed by atoms with van der Waals surface area (Å²) in [5, 5.41) is 0. The second kappa shape index (κ2) is 2.72. The van der Waals surface area contributed by atoms with Gasteiger partial charge in [0.25, 0.3) is 0 Å². The van der Waals surface area contributed by atoms with Crippen LogP contribution in [0.25, 0.3) is 0 Å². The van der Waals surface area contributed by atoms with Crippen LogP contribution in [0.15, 0.2) is 0 Å². The van der Waals surface area contributed by atoms with Crippen molar-refractivity contribution in [3.63, 3.8) is 0 Å². The number of ether oxygens (including phenoxy) is 1. The standard InChI is InChI=1S/C10H15NO3/c1-10(2)6-4-11(5-12)8(7(6)10)9(13)14-3/h5-8H,4H2,1-3H3/t6-,7-,8-/m0/s1. The van der Waals surface area contributed by atoms with E-state index in [0.29, 0.717) is 18.4 Å². The number of hydrogen-bond acceptors (Lipinski definition) is 3. The maximum Gasteiger partial charge on any atom is 0.328 e. The van der Waals surface area contributed by atoms with Crippen molar-refractivity contribution in [2.45, 2.75) is 19.9 Å². The molecule has 0 radical (unpaired) electrons. The maximum atomic E-state index is 11.5. The molecule has 0 aromatic carbocycles. The molecule has 0 N–H and O–H groups in total. The third-order valence-corrected chi connectivity index (χ3v) is 3.82. The van der Waals surface area contributed by atoms with Crippen LogP contribution in [0.3, 0.4) is 0 Å². The van der Waals surface area contributed by atoms with E-state index in [4.69, 9.17) is 4.74 Å². The molecular weight excluding hydrogens is 182 g/mol. The first-order valence-corrected chi connectivity index (χ1v) is 4.83. The van der Waals surface area contributed by atoms with E-state index in [2.05, 4.69) is 13.8 Å². The Bertz CT molecular complexity index is 287. The predicted octanol–water partition coefficient (Wildman–Crippen LogP) is 0.272. The molecule has 4 heteroatoms. The number of carbonyl (C=O) groups excluding carboxylic acids is 2. The van der Waals surface area contributed by atoms with Gasteiger partial charge in [-0.05, 0) is 11.3 Å². The van der Waals surface area contributed by atoms with Crippen LogP contribution in [0.4, 0.5) is 0 Å². The fraction of sp³-hybridized carbons (Fsp3) is 0.800. The zero-order chi connectivity index (χ0) is 10.5. The van der Waals surface area contributed by atoms with E-state index in [9.17, 15) is 9.59 Å². The number of likely N-dealkylation sites (tertiary alicyclic amines) is 1. The molecule has 0 unspecified atom stereocenters. The Hall–Kier alpha value is -1.06. The van der Waals surface area contributed by atoms with Crippen LogP contribution in [0.2, 0.25) is 0 Å². The van der Waals surface area contributed by atoms with Crippen molar-refractivity contribution in [1.29, 1.82) is 0 Å². The van der Waals surface area contributed by atoms with Gasteiger partial charge in [-0.1, -0.05) is 13.8 Å².